The molecule has 0 N–H and O–H groups in total. The topological polar surface area (TPSA) is 36.9 Å². The summed E-state index contributed by atoms with van der Waals surface area (Å²) in [5, 5.41) is 0. The van der Waals surface area contributed by atoms with Crippen LogP contribution in [-0.2, 0) is 16.5 Å². The lowest BCUT2D eigenvalue weighted by Gasteiger charge is -2.36. The first kappa shape index (κ1) is 23.6. The van der Waals surface area contributed by atoms with Crippen molar-refractivity contribution in [1.29, 1.82) is 0 Å². The molecule has 1 saturated heterocycles. The van der Waals surface area contributed by atoms with Gasteiger partial charge in [0.2, 0.25) is 8.32 Å². The molecule has 9 heteroatoms. The molecule has 0 bridgehead atoms. The summed E-state index contributed by atoms with van der Waals surface area (Å²) >= 11 is 0. The predicted molar refractivity (Wildman–Crippen MR) is 116 cm³/mol. The van der Waals surface area contributed by atoms with Crippen LogP contribution in [0.4, 0.5) is 0 Å². The van der Waals surface area contributed by atoms with E-state index in [1.165, 1.54) is 0 Å². The molecule has 0 radical (unpaired) electrons. The van der Waals surface area contributed by atoms with Crippen LogP contribution in [0.3, 0.4) is 0 Å². The summed E-state index contributed by atoms with van der Waals surface area (Å²) in [6.07, 6.45) is 0. The highest BCUT2D eigenvalue weighted by molar-refractivity contribution is 6.90. The van der Waals surface area contributed by atoms with Gasteiger partial charge < -0.3 is 16.5 Å². The fourth-order valence-electron chi connectivity index (χ4n) is 1.81. The van der Waals surface area contributed by atoms with Gasteiger partial charge in [0.25, 0.3) is 0 Å². The quantitative estimate of drug-likeness (QED) is 0.594. The first-order chi connectivity index (χ1) is 11.0. The van der Waals surface area contributed by atoms with E-state index < -0.39 is 43.8 Å². The first-order valence-electron chi connectivity index (χ1n) is 7.83. The van der Waals surface area contributed by atoms with E-state index in [-0.39, 0.29) is 0 Å². The standard InChI is InChI=1S/C8H18OSi2.C7H14O3Si3/c1-7-11(6,8-2)9-10(3,4)5;1-5-11-8-12(6-2)10-13(4,7-3)9-11/h7-8H,1-2H2,3-6H3;5-7,11-12H,1-3H2,4H3. The summed E-state index contributed by atoms with van der Waals surface area (Å²) < 4.78 is 22.9. The van der Waals surface area contributed by atoms with Gasteiger partial charge in [0.1, 0.15) is 0 Å². The zero-order chi connectivity index (χ0) is 19.0. The molecule has 24 heavy (non-hydrogen) atoms. The minimum absolute atomic E-state index is 1.42. The van der Waals surface area contributed by atoms with Gasteiger partial charge in [-0.1, -0.05) is 28.5 Å². The van der Waals surface area contributed by atoms with Gasteiger partial charge in [-0.2, -0.15) is 0 Å². The van der Waals surface area contributed by atoms with Crippen molar-refractivity contribution >= 4 is 43.8 Å². The van der Waals surface area contributed by atoms with Crippen LogP contribution in [0, 0.1) is 0 Å². The molecular formula is C15H32O4Si5. The molecule has 1 aliphatic rings. The van der Waals surface area contributed by atoms with Gasteiger partial charge in [0.15, 0.2) is 8.32 Å². The van der Waals surface area contributed by atoms with E-state index in [0.29, 0.717) is 0 Å². The monoisotopic (exact) mass is 416 g/mol. The fourth-order valence-corrected chi connectivity index (χ4v) is 17.3. The van der Waals surface area contributed by atoms with Crippen molar-refractivity contribution in [2.45, 2.75) is 32.7 Å². The highest BCUT2D eigenvalue weighted by atomic mass is 28.5. The predicted octanol–water partition coefficient (Wildman–Crippen LogP) is 3.60. The molecule has 0 aromatic carbocycles. The van der Waals surface area contributed by atoms with Crippen LogP contribution in [0.25, 0.3) is 0 Å². The van der Waals surface area contributed by atoms with Crippen LogP contribution in [0.1, 0.15) is 0 Å². The van der Waals surface area contributed by atoms with Gasteiger partial charge in [-0.15, -0.1) is 32.9 Å². The second kappa shape index (κ2) is 9.94. The fraction of sp³-hybridized carbons (Fsp3) is 0.333. The SMILES string of the molecule is C=C[SiH]1O[SiH](C=C)O[Si](C)(C=C)O1.C=C[Si](C)(C=C)O[Si](C)(C)C. The molecule has 0 aliphatic carbocycles. The van der Waals surface area contributed by atoms with Crippen LogP contribution >= 0.6 is 0 Å². The largest absolute Gasteiger partial charge is 0.450 e. The molecule has 0 aromatic rings. The van der Waals surface area contributed by atoms with E-state index in [0.717, 1.165) is 0 Å². The zero-order valence-corrected chi connectivity index (χ0v) is 21.0. The molecular weight excluding hydrogens is 385 g/mol. The molecule has 136 valence electrons. The van der Waals surface area contributed by atoms with Crippen molar-refractivity contribution in [3.8, 4) is 0 Å². The second-order valence-corrected chi connectivity index (χ2v) is 22.7. The van der Waals surface area contributed by atoms with Crippen molar-refractivity contribution in [2.75, 3.05) is 0 Å². The van der Waals surface area contributed by atoms with Crippen LogP contribution in [0.2, 0.25) is 32.7 Å². The van der Waals surface area contributed by atoms with E-state index in [4.69, 9.17) is 16.5 Å². The summed E-state index contributed by atoms with van der Waals surface area (Å²) in [6, 6.07) is 0. The first-order valence-corrected chi connectivity index (χ1v) is 19.4. The average Bonchev–Trinajstić information content (AvgIpc) is 2.53. The van der Waals surface area contributed by atoms with Gasteiger partial charge in [0.05, 0.1) is 0 Å². The summed E-state index contributed by atoms with van der Waals surface area (Å²) in [6.45, 7) is 29.3. The molecule has 2 atom stereocenters. The third kappa shape index (κ3) is 8.64. The lowest BCUT2D eigenvalue weighted by Crippen LogP contribution is -2.54. The van der Waals surface area contributed by atoms with Crippen molar-refractivity contribution in [3.63, 3.8) is 0 Å². The molecule has 0 aromatic heterocycles. The Kier molecular flexibility index (Phi) is 9.78. The van der Waals surface area contributed by atoms with E-state index in [9.17, 15) is 0 Å². The van der Waals surface area contributed by atoms with Crippen molar-refractivity contribution in [1.82, 2.24) is 0 Å². The normalized spacial score (nSPS) is 27.2. The van der Waals surface area contributed by atoms with Crippen molar-refractivity contribution in [2.24, 2.45) is 0 Å². The average molecular weight is 417 g/mol. The molecule has 4 nitrogen and oxygen atoms in total. The molecule has 0 saturated carbocycles. The van der Waals surface area contributed by atoms with E-state index in [1.807, 2.05) is 17.9 Å². The Hall–Kier alpha value is -0.376. The Balaban J connectivity index is 0.000000449. The highest BCUT2D eigenvalue weighted by Crippen LogP contribution is 2.19. The third-order valence-electron chi connectivity index (χ3n) is 3.06. The van der Waals surface area contributed by atoms with Crippen LogP contribution in [-0.4, -0.2) is 43.8 Å². The van der Waals surface area contributed by atoms with E-state index in [2.05, 4.69) is 59.1 Å². The number of rotatable bonds is 7. The van der Waals surface area contributed by atoms with E-state index in [1.54, 1.807) is 17.1 Å². The molecule has 1 rings (SSSR count). The lowest BCUT2D eigenvalue weighted by molar-refractivity contribution is 0.286. The van der Waals surface area contributed by atoms with Gasteiger partial charge in [-0.3, -0.25) is 0 Å². The highest BCUT2D eigenvalue weighted by Gasteiger charge is 2.40. The maximum Gasteiger partial charge on any atom is 0.343 e. The maximum atomic E-state index is 5.97. The Morgan fingerprint density at radius 1 is 0.875 bits per heavy atom. The number of hydrogen-bond donors (Lipinski definition) is 0. The summed E-state index contributed by atoms with van der Waals surface area (Å²) in [5.41, 5.74) is 9.17. The zero-order valence-electron chi connectivity index (χ0n) is 15.7. The minimum atomic E-state index is -2.16. The molecule has 1 heterocycles. The number of hydrogen-bond acceptors (Lipinski definition) is 4. The maximum absolute atomic E-state index is 5.97. The summed E-state index contributed by atoms with van der Waals surface area (Å²) in [5.74, 6) is 0. The minimum Gasteiger partial charge on any atom is -0.450 e. The Morgan fingerprint density at radius 3 is 1.50 bits per heavy atom. The Labute approximate surface area is 154 Å². The molecule has 2 unspecified atom stereocenters. The van der Waals surface area contributed by atoms with Crippen LogP contribution in [0.5, 0.6) is 0 Å². The second-order valence-electron chi connectivity index (χ2n) is 6.61. The molecule has 1 fully saturated rings. The summed E-state index contributed by atoms with van der Waals surface area (Å²) in [7, 11) is -8.72. The lowest BCUT2D eigenvalue weighted by atomic mass is 11.2. The van der Waals surface area contributed by atoms with Gasteiger partial charge in [-0.05, 0) is 32.7 Å². The van der Waals surface area contributed by atoms with Crippen molar-refractivity contribution < 1.29 is 16.5 Å². The van der Waals surface area contributed by atoms with Crippen LogP contribution < -0.4 is 0 Å². The van der Waals surface area contributed by atoms with Gasteiger partial charge >= 0.3 is 27.1 Å². The smallest absolute Gasteiger partial charge is 0.343 e. The molecule has 0 amide bonds. The van der Waals surface area contributed by atoms with Crippen LogP contribution in [0.15, 0.2) is 61.4 Å². The molecule has 0 spiro atoms. The summed E-state index contributed by atoms with van der Waals surface area (Å²) in [4.78, 5) is 0. The van der Waals surface area contributed by atoms with E-state index >= 15 is 0 Å². The van der Waals surface area contributed by atoms with Gasteiger partial charge in [-0.25, -0.2) is 0 Å². The molecule has 1 aliphatic heterocycles. The Morgan fingerprint density at radius 2 is 1.29 bits per heavy atom. The van der Waals surface area contributed by atoms with Gasteiger partial charge in [0, 0.05) is 0 Å². The van der Waals surface area contributed by atoms with Crippen molar-refractivity contribution in [3.05, 3.63) is 61.4 Å². The third-order valence-corrected chi connectivity index (χ3v) is 18.2. The Bertz CT molecular complexity index is 451.